The first-order valence-electron chi connectivity index (χ1n) is 6.15. The molecular formula is C14H18IN3. The van der Waals surface area contributed by atoms with Gasteiger partial charge in [-0.2, -0.15) is 5.10 Å². The van der Waals surface area contributed by atoms with Gasteiger partial charge >= 0.3 is 0 Å². The fraction of sp³-hybridized carbons (Fsp3) is 0.357. The number of aromatic nitrogens is 2. The Kier molecular flexibility index (Phi) is 4.27. The van der Waals surface area contributed by atoms with E-state index in [4.69, 9.17) is 0 Å². The monoisotopic (exact) mass is 355 g/mol. The maximum Gasteiger partial charge on any atom is 0.0542 e. The zero-order valence-electron chi connectivity index (χ0n) is 10.9. The minimum absolute atomic E-state index is 0.266. The number of aryl methyl sites for hydroxylation is 1. The van der Waals surface area contributed by atoms with Crippen molar-refractivity contribution in [3.05, 3.63) is 45.3 Å². The van der Waals surface area contributed by atoms with E-state index in [1.54, 1.807) is 0 Å². The smallest absolute Gasteiger partial charge is 0.0542 e. The minimum atomic E-state index is 0.266. The average molecular weight is 355 g/mol. The molecule has 96 valence electrons. The zero-order chi connectivity index (χ0) is 13.1. The summed E-state index contributed by atoms with van der Waals surface area (Å²) in [6, 6.07) is 6.60. The Hall–Kier alpha value is -1.04. The first kappa shape index (κ1) is 13.4. The van der Waals surface area contributed by atoms with Crippen molar-refractivity contribution in [2.75, 3.05) is 5.32 Å². The summed E-state index contributed by atoms with van der Waals surface area (Å²) in [4.78, 5) is 0. The predicted molar refractivity (Wildman–Crippen MR) is 83.8 cm³/mol. The molecule has 2 rings (SSSR count). The van der Waals surface area contributed by atoms with Crippen LogP contribution in [-0.4, -0.2) is 9.78 Å². The molecule has 1 heterocycles. The van der Waals surface area contributed by atoms with E-state index < -0.39 is 0 Å². The summed E-state index contributed by atoms with van der Waals surface area (Å²) in [7, 11) is 0. The fourth-order valence-electron chi connectivity index (χ4n) is 1.86. The summed E-state index contributed by atoms with van der Waals surface area (Å²) in [5, 5.41) is 7.86. The molecule has 0 spiro atoms. The number of halogens is 1. The van der Waals surface area contributed by atoms with E-state index in [9.17, 15) is 0 Å². The molecule has 0 aliphatic heterocycles. The van der Waals surface area contributed by atoms with Crippen LogP contribution in [0, 0.1) is 10.5 Å². The van der Waals surface area contributed by atoms with Gasteiger partial charge in [0, 0.05) is 27.6 Å². The molecule has 1 atom stereocenters. The highest BCUT2D eigenvalue weighted by molar-refractivity contribution is 14.1. The van der Waals surface area contributed by atoms with E-state index in [1.165, 1.54) is 20.4 Å². The standard InChI is InChI=1S/C14H18IN3/c1-4-18-9-12(8-16-18)11(3)17-14-7-5-6-13(15)10(14)2/h5-9,11,17H,4H2,1-3H3. The molecule has 0 fully saturated rings. The molecule has 2 aromatic rings. The molecule has 0 bridgehead atoms. The van der Waals surface area contributed by atoms with Gasteiger partial charge in [0.1, 0.15) is 0 Å². The van der Waals surface area contributed by atoms with E-state index in [0.29, 0.717) is 0 Å². The Labute approximate surface area is 122 Å². The highest BCUT2D eigenvalue weighted by atomic mass is 127. The Morgan fingerprint density at radius 2 is 2.22 bits per heavy atom. The molecule has 1 unspecified atom stereocenters. The summed E-state index contributed by atoms with van der Waals surface area (Å²) in [6.45, 7) is 7.32. The lowest BCUT2D eigenvalue weighted by Crippen LogP contribution is -2.07. The van der Waals surface area contributed by atoms with Crippen molar-refractivity contribution in [1.82, 2.24) is 9.78 Å². The van der Waals surface area contributed by atoms with Crippen LogP contribution in [-0.2, 0) is 6.54 Å². The number of benzene rings is 1. The maximum absolute atomic E-state index is 4.31. The van der Waals surface area contributed by atoms with Gasteiger partial charge in [-0.15, -0.1) is 0 Å². The molecule has 0 aliphatic carbocycles. The van der Waals surface area contributed by atoms with Crippen LogP contribution in [0.3, 0.4) is 0 Å². The molecule has 1 N–H and O–H groups in total. The molecule has 0 radical (unpaired) electrons. The van der Waals surface area contributed by atoms with Gasteiger partial charge in [0.25, 0.3) is 0 Å². The highest BCUT2D eigenvalue weighted by Crippen LogP contribution is 2.24. The summed E-state index contributed by atoms with van der Waals surface area (Å²) in [6.07, 6.45) is 4.03. The number of hydrogen-bond donors (Lipinski definition) is 1. The van der Waals surface area contributed by atoms with Crippen LogP contribution in [0.25, 0.3) is 0 Å². The molecule has 3 nitrogen and oxygen atoms in total. The van der Waals surface area contributed by atoms with E-state index in [1.807, 2.05) is 10.9 Å². The van der Waals surface area contributed by atoms with Gasteiger partial charge < -0.3 is 5.32 Å². The van der Waals surface area contributed by atoms with Crippen molar-refractivity contribution in [3.63, 3.8) is 0 Å². The molecule has 0 amide bonds. The third-order valence-corrected chi connectivity index (χ3v) is 4.29. The lowest BCUT2D eigenvalue weighted by molar-refractivity contribution is 0.658. The number of rotatable bonds is 4. The Balaban J connectivity index is 2.15. The molecule has 0 saturated carbocycles. The van der Waals surface area contributed by atoms with E-state index in [2.05, 4.69) is 78.2 Å². The van der Waals surface area contributed by atoms with Crippen LogP contribution >= 0.6 is 22.6 Å². The van der Waals surface area contributed by atoms with Crippen LogP contribution in [0.1, 0.15) is 31.0 Å². The van der Waals surface area contributed by atoms with Crippen molar-refractivity contribution in [2.24, 2.45) is 0 Å². The van der Waals surface area contributed by atoms with Gasteiger partial charge in [-0.05, 0) is 61.1 Å². The van der Waals surface area contributed by atoms with Gasteiger partial charge in [-0.25, -0.2) is 0 Å². The van der Waals surface area contributed by atoms with Crippen molar-refractivity contribution in [1.29, 1.82) is 0 Å². The molecule has 1 aromatic heterocycles. The minimum Gasteiger partial charge on any atom is -0.378 e. The van der Waals surface area contributed by atoms with Gasteiger partial charge in [0.15, 0.2) is 0 Å². The Morgan fingerprint density at radius 1 is 1.44 bits per heavy atom. The van der Waals surface area contributed by atoms with Gasteiger partial charge in [0.2, 0.25) is 0 Å². The molecule has 0 saturated heterocycles. The van der Waals surface area contributed by atoms with Crippen LogP contribution in [0.2, 0.25) is 0 Å². The van der Waals surface area contributed by atoms with Gasteiger partial charge in [-0.3, -0.25) is 4.68 Å². The van der Waals surface area contributed by atoms with Crippen LogP contribution < -0.4 is 5.32 Å². The molecule has 18 heavy (non-hydrogen) atoms. The van der Waals surface area contributed by atoms with Crippen molar-refractivity contribution in [2.45, 2.75) is 33.4 Å². The summed E-state index contributed by atoms with van der Waals surface area (Å²) in [5.74, 6) is 0. The van der Waals surface area contributed by atoms with Crippen molar-refractivity contribution >= 4 is 28.3 Å². The quantitative estimate of drug-likeness (QED) is 0.841. The lowest BCUT2D eigenvalue weighted by atomic mass is 10.1. The second kappa shape index (κ2) is 5.73. The average Bonchev–Trinajstić information content (AvgIpc) is 2.83. The fourth-order valence-corrected chi connectivity index (χ4v) is 2.35. The van der Waals surface area contributed by atoms with Crippen LogP contribution in [0.4, 0.5) is 5.69 Å². The first-order chi connectivity index (χ1) is 8.61. The zero-order valence-corrected chi connectivity index (χ0v) is 13.1. The largest absolute Gasteiger partial charge is 0.378 e. The highest BCUT2D eigenvalue weighted by Gasteiger charge is 2.09. The summed E-state index contributed by atoms with van der Waals surface area (Å²) < 4.78 is 3.24. The summed E-state index contributed by atoms with van der Waals surface area (Å²) in [5.41, 5.74) is 3.71. The third-order valence-electron chi connectivity index (χ3n) is 3.12. The topological polar surface area (TPSA) is 29.9 Å². The number of anilines is 1. The second-order valence-electron chi connectivity index (χ2n) is 4.41. The molecular weight excluding hydrogens is 337 g/mol. The second-order valence-corrected chi connectivity index (χ2v) is 5.57. The van der Waals surface area contributed by atoms with E-state index in [0.717, 1.165) is 6.54 Å². The van der Waals surface area contributed by atoms with Crippen LogP contribution in [0.5, 0.6) is 0 Å². The first-order valence-corrected chi connectivity index (χ1v) is 7.23. The number of hydrogen-bond acceptors (Lipinski definition) is 2. The summed E-state index contributed by atoms with van der Waals surface area (Å²) >= 11 is 2.37. The van der Waals surface area contributed by atoms with Crippen molar-refractivity contribution < 1.29 is 0 Å². The molecule has 0 aliphatic rings. The predicted octanol–water partition coefficient (Wildman–Crippen LogP) is 3.99. The third kappa shape index (κ3) is 2.85. The number of nitrogens with zero attached hydrogens (tertiary/aromatic N) is 2. The lowest BCUT2D eigenvalue weighted by Gasteiger charge is -2.16. The maximum atomic E-state index is 4.31. The van der Waals surface area contributed by atoms with E-state index in [-0.39, 0.29) is 6.04 Å². The van der Waals surface area contributed by atoms with E-state index >= 15 is 0 Å². The number of nitrogens with one attached hydrogen (secondary N) is 1. The normalized spacial score (nSPS) is 12.4. The Bertz CT molecular complexity index is 534. The van der Waals surface area contributed by atoms with Gasteiger partial charge in [0.05, 0.1) is 12.2 Å². The van der Waals surface area contributed by atoms with Crippen molar-refractivity contribution in [3.8, 4) is 0 Å². The molecule has 4 heteroatoms. The Morgan fingerprint density at radius 3 is 2.89 bits per heavy atom. The van der Waals surface area contributed by atoms with Gasteiger partial charge in [-0.1, -0.05) is 6.07 Å². The van der Waals surface area contributed by atoms with Crippen LogP contribution in [0.15, 0.2) is 30.6 Å². The SMILES string of the molecule is CCn1cc(C(C)Nc2cccc(I)c2C)cn1. The molecule has 1 aromatic carbocycles.